The number of amides is 1. The van der Waals surface area contributed by atoms with Gasteiger partial charge in [0.2, 0.25) is 5.91 Å². The summed E-state index contributed by atoms with van der Waals surface area (Å²) in [6.45, 7) is 3.31. The van der Waals surface area contributed by atoms with Gasteiger partial charge in [0.1, 0.15) is 0 Å². The van der Waals surface area contributed by atoms with E-state index in [1.807, 2.05) is 36.1 Å². The van der Waals surface area contributed by atoms with Crippen molar-refractivity contribution in [3.63, 3.8) is 0 Å². The van der Waals surface area contributed by atoms with Crippen molar-refractivity contribution >= 4 is 27.8 Å². The molecule has 1 fully saturated rings. The van der Waals surface area contributed by atoms with Gasteiger partial charge in [0, 0.05) is 11.0 Å². The summed E-state index contributed by atoms with van der Waals surface area (Å²) < 4.78 is 1.00. The molecular formula is C15H19BrN2O3. The summed E-state index contributed by atoms with van der Waals surface area (Å²) in [5, 5.41) is 11.9. The lowest BCUT2D eigenvalue weighted by atomic mass is 10.1. The monoisotopic (exact) mass is 354 g/mol. The molecule has 0 radical (unpaired) electrons. The maximum atomic E-state index is 12.0. The zero-order valence-electron chi connectivity index (χ0n) is 11.9. The summed E-state index contributed by atoms with van der Waals surface area (Å²) in [5.41, 5.74) is 1.04. The number of hydrogen-bond acceptors (Lipinski definition) is 3. The normalized spacial score (nSPS) is 20.2. The predicted molar refractivity (Wildman–Crippen MR) is 82.9 cm³/mol. The van der Waals surface area contributed by atoms with E-state index in [9.17, 15) is 9.59 Å². The van der Waals surface area contributed by atoms with E-state index >= 15 is 0 Å². The number of nitrogens with one attached hydrogen (secondary N) is 1. The van der Waals surface area contributed by atoms with Crippen LogP contribution in [0.5, 0.6) is 0 Å². The zero-order chi connectivity index (χ0) is 15.4. The molecule has 114 valence electrons. The van der Waals surface area contributed by atoms with Crippen LogP contribution in [0.3, 0.4) is 0 Å². The first kappa shape index (κ1) is 16.0. The van der Waals surface area contributed by atoms with Crippen LogP contribution in [0.25, 0.3) is 0 Å². The first-order valence-corrected chi connectivity index (χ1v) is 7.75. The van der Waals surface area contributed by atoms with E-state index in [4.69, 9.17) is 5.11 Å². The van der Waals surface area contributed by atoms with Crippen LogP contribution in [0.1, 0.15) is 24.9 Å². The fraction of sp³-hybridized carbons (Fsp3) is 0.467. The fourth-order valence-corrected chi connectivity index (χ4v) is 2.77. The Labute approximate surface area is 132 Å². The molecule has 0 bridgehead atoms. The van der Waals surface area contributed by atoms with E-state index in [1.165, 1.54) is 0 Å². The van der Waals surface area contributed by atoms with Crippen LogP contribution < -0.4 is 5.32 Å². The third kappa shape index (κ3) is 4.54. The molecular weight excluding hydrogens is 336 g/mol. The molecule has 21 heavy (non-hydrogen) atoms. The zero-order valence-corrected chi connectivity index (χ0v) is 13.5. The number of halogens is 1. The molecule has 6 heteroatoms. The highest BCUT2D eigenvalue weighted by Crippen LogP contribution is 2.18. The lowest BCUT2D eigenvalue weighted by molar-refractivity contribution is -0.141. The number of carbonyl (C=O) groups is 2. The van der Waals surface area contributed by atoms with Gasteiger partial charge >= 0.3 is 5.97 Å². The highest BCUT2D eigenvalue weighted by molar-refractivity contribution is 9.10. The van der Waals surface area contributed by atoms with Gasteiger partial charge in [-0.1, -0.05) is 28.1 Å². The van der Waals surface area contributed by atoms with Crippen LogP contribution in [0.4, 0.5) is 0 Å². The number of nitrogens with zero attached hydrogens (tertiary/aromatic N) is 1. The molecule has 1 saturated heterocycles. The predicted octanol–water partition coefficient (Wildman–Crippen LogP) is 2.03. The number of likely N-dealkylation sites (tertiary alicyclic amines) is 1. The Morgan fingerprint density at radius 1 is 1.43 bits per heavy atom. The van der Waals surface area contributed by atoms with Crippen LogP contribution in [0.15, 0.2) is 28.7 Å². The summed E-state index contributed by atoms with van der Waals surface area (Å²) in [6.07, 6.45) is 0.616. The number of carbonyl (C=O) groups excluding carboxylic acids is 1. The number of rotatable bonds is 5. The Kier molecular flexibility index (Phi) is 5.36. The lowest BCUT2D eigenvalue weighted by Gasteiger charge is -2.18. The SMILES string of the molecule is C[C@H](NC(=O)CN1CC[C@@H](C(=O)O)C1)c1ccc(Br)cc1. The Balaban J connectivity index is 1.82. The van der Waals surface area contributed by atoms with Crippen molar-refractivity contribution in [2.45, 2.75) is 19.4 Å². The smallest absolute Gasteiger partial charge is 0.307 e. The van der Waals surface area contributed by atoms with E-state index in [-0.39, 0.29) is 24.4 Å². The molecule has 2 N–H and O–H groups in total. The van der Waals surface area contributed by atoms with Crippen molar-refractivity contribution < 1.29 is 14.7 Å². The maximum Gasteiger partial charge on any atom is 0.307 e. The first-order valence-electron chi connectivity index (χ1n) is 6.95. The molecule has 1 amide bonds. The summed E-state index contributed by atoms with van der Waals surface area (Å²) in [7, 11) is 0. The molecule has 1 aliphatic heterocycles. The van der Waals surface area contributed by atoms with Gasteiger partial charge in [0.25, 0.3) is 0 Å². The largest absolute Gasteiger partial charge is 0.481 e. The molecule has 0 saturated carbocycles. The molecule has 1 aliphatic rings. The average molecular weight is 355 g/mol. The second-order valence-corrected chi connectivity index (χ2v) is 6.32. The van der Waals surface area contributed by atoms with Crippen molar-refractivity contribution in [3.05, 3.63) is 34.3 Å². The molecule has 1 aromatic rings. The Morgan fingerprint density at radius 3 is 2.67 bits per heavy atom. The minimum Gasteiger partial charge on any atom is -0.481 e. The topological polar surface area (TPSA) is 69.6 Å². The van der Waals surface area contributed by atoms with Crippen molar-refractivity contribution in [3.8, 4) is 0 Å². The van der Waals surface area contributed by atoms with Gasteiger partial charge in [-0.15, -0.1) is 0 Å². The van der Waals surface area contributed by atoms with Gasteiger partial charge in [0.15, 0.2) is 0 Å². The third-order valence-corrected chi connectivity index (χ3v) is 4.26. The number of aliphatic carboxylic acids is 1. The molecule has 2 rings (SSSR count). The van der Waals surface area contributed by atoms with E-state index in [2.05, 4.69) is 21.2 Å². The van der Waals surface area contributed by atoms with E-state index in [0.29, 0.717) is 19.5 Å². The Hall–Kier alpha value is -1.40. The molecule has 1 heterocycles. The molecule has 5 nitrogen and oxygen atoms in total. The van der Waals surface area contributed by atoms with Crippen LogP contribution in [0, 0.1) is 5.92 Å². The highest BCUT2D eigenvalue weighted by Gasteiger charge is 2.29. The van der Waals surface area contributed by atoms with Crippen molar-refractivity contribution in [1.29, 1.82) is 0 Å². The second kappa shape index (κ2) is 7.04. The van der Waals surface area contributed by atoms with Gasteiger partial charge in [0.05, 0.1) is 18.5 Å². The molecule has 0 aliphatic carbocycles. The number of carboxylic acids is 1. The van der Waals surface area contributed by atoms with Gasteiger partial charge < -0.3 is 10.4 Å². The Bertz CT molecular complexity index is 518. The van der Waals surface area contributed by atoms with Gasteiger partial charge in [-0.25, -0.2) is 0 Å². The molecule has 0 aromatic heterocycles. The molecule has 0 unspecified atom stereocenters. The maximum absolute atomic E-state index is 12.0. The Morgan fingerprint density at radius 2 is 2.10 bits per heavy atom. The second-order valence-electron chi connectivity index (χ2n) is 5.40. The number of benzene rings is 1. The molecule has 2 atom stereocenters. The van der Waals surface area contributed by atoms with Crippen LogP contribution in [0.2, 0.25) is 0 Å². The minimum absolute atomic E-state index is 0.0662. The van der Waals surface area contributed by atoms with Gasteiger partial charge in [-0.3, -0.25) is 14.5 Å². The summed E-state index contributed by atoms with van der Waals surface area (Å²) in [5.74, 6) is -1.20. The first-order chi connectivity index (χ1) is 9.95. The van der Waals surface area contributed by atoms with Crippen LogP contribution in [-0.2, 0) is 9.59 Å². The highest BCUT2D eigenvalue weighted by atomic mass is 79.9. The third-order valence-electron chi connectivity index (χ3n) is 3.74. The number of hydrogen-bond donors (Lipinski definition) is 2. The van der Waals surface area contributed by atoms with E-state index in [0.717, 1.165) is 10.0 Å². The minimum atomic E-state index is -0.777. The number of carboxylic acid groups (broad SMARTS) is 1. The fourth-order valence-electron chi connectivity index (χ4n) is 2.50. The van der Waals surface area contributed by atoms with Crippen LogP contribution >= 0.6 is 15.9 Å². The van der Waals surface area contributed by atoms with Crippen molar-refractivity contribution in [1.82, 2.24) is 10.2 Å². The van der Waals surface area contributed by atoms with Crippen molar-refractivity contribution in [2.75, 3.05) is 19.6 Å². The summed E-state index contributed by atoms with van der Waals surface area (Å²) in [6, 6.07) is 7.74. The summed E-state index contributed by atoms with van der Waals surface area (Å²) >= 11 is 3.38. The average Bonchev–Trinajstić information content (AvgIpc) is 2.87. The molecule has 0 spiro atoms. The van der Waals surface area contributed by atoms with Gasteiger partial charge in [-0.05, 0) is 37.6 Å². The summed E-state index contributed by atoms with van der Waals surface area (Å²) in [4.78, 5) is 24.8. The quantitative estimate of drug-likeness (QED) is 0.848. The van der Waals surface area contributed by atoms with Crippen LogP contribution in [-0.4, -0.2) is 41.5 Å². The molecule has 1 aromatic carbocycles. The standard InChI is InChI=1S/C15H19BrN2O3/c1-10(11-2-4-13(16)5-3-11)17-14(19)9-18-7-6-12(8-18)15(20)21/h2-5,10,12H,6-9H2,1H3,(H,17,19)(H,20,21)/t10-,12+/m0/s1. The van der Waals surface area contributed by atoms with E-state index in [1.54, 1.807) is 0 Å². The van der Waals surface area contributed by atoms with E-state index < -0.39 is 5.97 Å². The van der Waals surface area contributed by atoms with Crippen molar-refractivity contribution in [2.24, 2.45) is 5.92 Å². The van der Waals surface area contributed by atoms with Gasteiger partial charge in [-0.2, -0.15) is 0 Å². The lowest BCUT2D eigenvalue weighted by Crippen LogP contribution is -2.37.